The fourth-order valence-electron chi connectivity index (χ4n) is 3.03. The third-order valence-corrected chi connectivity index (χ3v) is 4.84. The van der Waals surface area contributed by atoms with E-state index in [0.717, 1.165) is 31.2 Å². The van der Waals surface area contributed by atoms with Gasteiger partial charge in [0.05, 0.1) is 12.5 Å². The smallest absolute Gasteiger partial charge is 0.414 e. The van der Waals surface area contributed by atoms with Crippen molar-refractivity contribution in [2.45, 2.75) is 31.1 Å². The van der Waals surface area contributed by atoms with E-state index in [4.69, 9.17) is 24.3 Å². The zero-order valence-corrected chi connectivity index (χ0v) is 16.4. The van der Waals surface area contributed by atoms with Gasteiger partial charge in [0.25, 0.3) is 0 Å². The van der Waals surface area contributed by atoms with E-state index >= 15 is 0 Å². The molecule has 1 saturated carbocycles. The molecular weight excluding hydrogens is 392 g/mol. The molecule has 2 heterocycles. The molecule has 1 aliphatic heterocycles. The second-order valence-electron chi connectivity index (χ2n) is 7.35. The van der Waals surface area contributed by atoms with Crippen LogP contribution in [-0.2, 0) is 20.8 Å². The molecule has 1 aliphatic carbocycles. The molecule has 2 aromatic rings. The van der Waals surface area contributed by atoms with Crippen LogP contribution in [0.2, 0.25) is 0 Å². The third-order valence-electron chi connectivity index (χ3n) is 4.84. The molecule has 10 heteroatoms. The molecule has 0 radical (unpaired) electrons. The Morgan fingerprint density at radius 3 is 2.33 bits per heavy atom. The number of carbonyl (C=O) groups excluding carboxylic acids is 1. The lowest BCUT2D eigenvalue weighted by molar-refractivity contribution is -0.159. The lowest BCUT2D eigenvalue weighted by Gasteiger charge is -2.36. The van der Waals surface area contributed by atoms with Crippen molar-refractivity contribution in [3.63, 3.8) is 0 Å². The lowest BCUT2D eigenvalue weighted by Crippen LogP contribution is -2.49. The fourth-order valence-corrected chi connectivity index (χ4v) is 3.03. The highest BCUT2D eigenvalue weighted by Gasteiger charge is 2.35. The number of aliphatic carboxylic acids is 2. The number of rotatable bonds is 7. The van der Waals surface area contributed by atoms with Crippen LogP contribution in [0.4, 0.5) is 0 Å². The first-order valence-corrected chi connectivity index (χ1v) is 9.75. The van der Waals surface area contributed by atoms with Crippen molar-refractivity contribution in [3.8, 4) is 0 Å². The largest absolute Gasteiger partial charge is 0.473 e. The van der Waals surface area contributed by atoms with Crippen molar-refractivity contribution >= 4 is 17.8 Å². The number of benzene rings is 1. The highest BCUT2D eigenvalue weighted by molar-refractivity contribution is 6.27. The standard InChI is InChI=1S/C18H22N4O2.C2H2O4/c23-16(19-9-8-13-4-2-1-3-5-13)12-22-10-15(11-22)18-20-17(21-24-18)14-6-7-14;3-1(4)2(5)6/h1-5,14-15H,6-12H2,(H,19,23);(H,3,4)(H,5,6). The number of carbonyl (C=O) groups is 3. The average molecular weight is 416 g/mol. The van der Waals surface area contributed by atoms with Gasteiger partial charge < -0.3 is 20.1 Å². The van der Waals surface area contributed by atoms with Crippen LogP contribution in [0.5, 0.6) is 0 Å². The number of nitrogens with zero attached hydrogens (tertiary/aromatic N) is 3. The Bertz CT molecular complexity index is 862. The molecule has 0 bridgehead atoms. The molecule has 160 valence electrons. The number of hydrogen-bond acceptors (Lipinski definition) is 7. The molecule has 2 fully saturated rings. The summed E-state index contributed by atoms with van der Waals surface area (Å²) in [6.07, 6.45) is 3.22. The SMILES string of the molecule is O=C(CN1CC(c2nc(C3CC3)no2)C1)NCCc1ccccc1.O=C(O)C(=O)O. The van der Waals surface area contributed by atoms with Gasteiger partial charge in [-0.2, -0.15) is 4.98 Å². The van der Waals surface area contributed by atoms with Gasteiger partial charge in [0.1, 0.15) is 0 Å². The van der Waals surface area contributed by atoms with Crippen LogP contribution in [0.15, 0.2) is 34.9 Å². The van der Waals surface area contributed by atoms with Crippen LogP contribution >= 0.6 is 0 Å². The van der Waals surface area contributed by atoms with Gasteiger partial charge in [0.15, 0.2) is 5.82 Å². The summed E-state index contributed by atoms with van der Waals surface area (Å²) in [5, 5.41) is 21.8. The van der Waals surface area contributed by atoms with Crippen molar-refractivity contribution in [3.05, 3.63) is 47.6 Å². The Morgan fingerprint density at radius 1 is 1.07 bits per heavy atom. The Kier molecular flexibility index (Phi) is 7.12. The van der Waals surface area contributed by atoms with Gasteiger partial charge in [0.2, 0.25) is 11.8 Å². The van der Waals surface area contributed by atoms with E-state index in [0.29, 0.717) is 19.0 Å². The molecule has 1 saturated heterocycles. The van der Waals surface area contributed by atoms with Crippen LogP contribution in [0.1, 0.15) is 42.0 Å². The molecular formula is C20H24N4O6. The molecule has 0 atom stereocenters. The molecule has 1 aromatic carbocycles. The monoisotopic (exact) mass is 416 g/mol. The van der Waals surface area contributed by atoms with E-state index in [1.165, 1.54) is 18.4 Å². The van der Waals surface area contributed by atoms with E-state index in [2.05, 4.69) is 32.5 Å². The maximum absolute atomic E-state index is 12.0. The molecule has 3 N–H and O–H groups in total. The lowest BCUT2D eigenvalue weighted by atomic mass is 10.0. The third kappa shape index (κ3) is 6.38. The predicted octanol–water partition coefficient (Wildman–Crippen LogP) is 0.861. The van der Waals surface area contributed by atoms with Gasteiger partial charge in [-0.1, -0.05) is 35.5 Å². The number of nitrogens with one attached hydrogen (secondary N) is 1. The Labute approximate surface area is 172 Å². The first-order valence-electron chi connectivity index (χ1n) is 9.75. The molecule has 0 spiro atoms. The molecule has 1 amide bonds. The minimum absolute atomic E-state index is 0.0774. The first kappa shape index (κ1) is 21.4. The van der Waals surface area contributed by atoms with Crippen LogP contribution in [0.25, 0.3) is 0 Å². The summed E-state index contributed by atoms with van der Waals surface area (Å²) in [4.78, 5) is 36.8. The highest BCUT2D eigenvalue weighted by Crippen LogP contribution is 2.39. The maximum Gasteiger partial charge on any atom is 0.414 e. The van der Waals surface area contributed by atoms with Crippen molar-refractivity contribution in [1.82, 2.24) is 20.4 Å². The Morgan fingerprint density at radius 2 is 1.73 bits per heavy atom. The van der Waals surface area contributed by atoms with Crippen LogP contribution in [0.3, 0.4) is 0 Å². The Hall–Kier alpha value is -3.27. The summed E-state index contributed by atoms with van der Waals surface area (Å²) in [6.45, 7) is 2.75. The number of carboxylic acid groups (broad SMARTS) is 2. The van der Waals surface area contributed by atoms with Crippen LogP contribution in [-0.4, -0.2) is 69.3 Å². The molecule has 0 unspecified atom stereocenters. The molecule has 4 rings (SSSR count). The summed E-state index contributed by atoms with van der Waals surface area (Å²) in [6, 6.07) is 10.2. The predicted molar refractivity (Wildman–Crippen MR) is 104 cm³/mol. The Balaban J connectivity index is 0.000000377. The quantitative estimate of drug-likeness (QED) is 0.559. The number of aromatic nitrogens is 2. The van der Waals surface area contributed by atoms with E-state index in [1.807, 2.05) is 18.2 Å². The number of hydrogen-bond donors (Lipinski definition) is 3. The van der Waals surface area contributed by atoms with Gasteiger partial charge in [-0.25, -0.2) is 9.59 Å². The average Bonchev–Trinajstić information content (AvgIpc) is 3.43. The van der Waals surface area contributed by atoms with E-state index in [-0.39, 0.29) is 11.8 Å². The number of carboxylic acids is 2. The summed E-state index contributed by atoms with van der Waals surface area (Å²) >= 11 is 0. The minimum atomic E-state index is -1.82. The zero-order valence-electron chi connectivity index (χ0n) is 16.4. The van der Waals surface area contributed by atoms with Crippen molar-refractivity contribution in [1.29, 1.82) is 0 Å². The second-order valence-corrected chi connectivity index (χ2v) is 7.35. The summed E-state index contributed by atoms with van der Waals surface area (Å²) in [5.74, 6) is -1.17. The van der Waals surface area contributed by atoms with Gasteiger partial charge in [-0.15, -0.1) is 0 Å². The van der Waals surface area contributed by atoms with Gasteiger partial charge in [0, 0.05) is 25.6 Å². The molecule has 10 nitrogen and oxygen atoms in total. The fraction of sp³-hybridized carbons (Fsp3) is 0.450. The number of likely N-dealkylation sites (tertiary alicyclic amines) is 1. The molecule has 30 heavy (non-hydrogen) atoms. The summed E-state index contributed by atoms with van der Waals surface area (Å²) in [7, 11) is 0. The van der Waals surface area contributed by atoms with Crippen molar-refractivity contribution < 1.29 is 29.1 Å². The minimum Gasteiger partial charge on any atom is -0.473 e. The second kappa shape index (κ2) is 9.97. The number of amides is 1. The van der Waals surface area contributed by atoms with Crippen LogP contribution < -0.4 is 5.32 Å². The first-order chi connectivity index (χ1) is 14.4. The topological polar surface area (TPSA) is 146 Å². The van der Waals surface area contributed by atoms with E-state index < -0.39 is 11.9 Å². The molecule has 2 aliphatic rings. The van der Waals surface area contributed by atoms with Crippen LogP contribution in [0, 0.1) is 0 Å². The summed E-state index contributed by atoms with van der Waals surface area (Å²) in [5.41, 5.74) is 1.24. The van der Waals surface area contributed by atoms with Gasteiger partial charge in [-0.05, 0) is 24.8 Å². The van der Waals surface area contributed by atoms with Gasteiger partial charge >= 0.3 is 11.9 Å². The summed E-state index contributed by atoms with van der Waals surface area (Å²) < 4.78 is 5.35. The molecule has 1 aromatic heterocycles. The zero-order chi connectivity index (χ0) is 21.5. The van der Waals surface area contributed by atoms with E-state index in [9.17, 15) is 4.79 Å². The van der Waals surface area contributed by atoms with Crippen molar-refractivity contribution in [2.24, 2.45) is 0 Å². The van der Waals surface area contributed by atoms with Crippen molar-refractivity contribution in [2.75, 3.05) is 26.2 Å². The highest BCUT2D eigenvalue weighted by atomic mass is 16.5. The van der Waals surface area contributed by atoms with E-state index in [1.54, 1.807) is 0 Å². The maximum atomic E-state index is 12.0. The van der Waals surface area contributed by atoms with Gasteiger partial charge in [-0.3, -0.25) is 9.69 Å². The normalized spacial score (nSPS) is 16.1.